The molecule has 0 unspecified atom stereocenters. The Kier molecular flexibility index (Phi) is 5.70. The van der Waals surface area contributed by atoms with Crippen molar-refractivity contribution in [3.8, 4) is 6.07 Å². The van der Waals surface area contributed by atoms with Gasteiger partial charge in [0.2, 0.25) is 0 Å². The summed E-state index contributed by atoms with van der Waals surface area (Å²) in [6.45, 7) is 4.02. The van der Waals surface area contributed by atoms with E-state index in [0.717, 1.165) is 61.8 Å². The largest absolute Gasteiger partial charge is 0.465 e. The van der Waals surface area contributed by atoms with Crippen molar-refractivity contribution in [3.63, 3.8) is 0 Å². The van der Waals surface area contributed by atoms with Crippen molar-refractivity contribution in [1.82, 2.24) is 14.9 Å². The number of anilines is 2. The van der Waals surface area contributed by atoms with E-state index in [1.54, 1.807) is 6.20 Å². The van der Waals surface area contributed by atoms with E-state index in [9.17, 15) is 0 Å². The van der Waals surface area contributed by atoms with Crippen molar-refractivity contribution in [2.24, 2.45) is 0 Å². The first-order valence-corrected chi connectivity index (χ1v) is 10.5. The molecule has 144 valence electrons. The molecule has 0 aliphatic carbocycles. The molecule has 1 fully saturated rings. The van der Waals surface area contributed by atoms with E-state index in [-0.39, 0.29) is 6.04 Å². The van der Waals surface area contributed by atoms with Crippen LogP contribution in [0.1, 0.15) is 54.3 Å². The van der Waals surface area contributed by atoms with Gasteiger partial charge in [-0.1, -0.05) is 24.3 Å². The van der Waals surface area contributed by atoms with Gasteiger partial charge in [0.1, 0.15) is 28.3 Å². The minimum Gasteiger partial charge on any atom is -0.465 e. The highest BCUT2D eigenvalue weighted by Gasteiger charge is 2.28. The van der Waals surface area contributed by atoms with Gasteiger partial charge in [0.25, 0.3) is 0 Å². The maximum absolute atomic E-state index is 8.95. The van der Waals surface area contributed by atoms with Crippen LogP contribution in [0.4, 0.5) is 10.9 Å². The van der Waals surface area contributed by atoms with Crippen LogP contribution in [0.15, 0.2) is 40.9 Å². The summed E-state index contributed by atoms with van der Waals surface area (Å²) in [5.41, 5.74) is 1.06. The normalized spacial score (nSPS) is 16.9. The number of aromatic nitrogens is 2. The minimum atomic E-state index is 0.285. The van der Waals surface area contributed by atoms with E-state index in [0.29, 0.717) is 10.0 Å². The fraction of sp³-hybridized carbons (Fsp3) is 0.381. The van der Waals surface area contributed by atoms with E-state index in [1.807, 2.05) is 12.1 Å². The number of nitrogens with one attached hydrogen (secondary N) is 1. The summed E-state index contributed by atoms with van der Waals surface area (Å²) in [5.74, 6) is 2.85. The lowest BCUT2D eigenvalue weighted by Gasteiger charge is -2.23. The summed E-state index contributed by atoms with van der Waals surface area (Å²) in [5, 5.41) is 12.8. The Balaban J connectivity index is 1.46. The van der Waals surface area contributed by atoms with E-state index >= 15 is 0 Å². The predicted molar refractivity (Wildman–Crippen MR) is 109 cm³/mol. The fourth-order valence-electron chi connectivity index (χ4n) is 3.64. The molecule has 28 heavy (non-hydrogen) atoms. The number of furan rings is 1. The van der Waals surface area contributed by atoms with Crippen molar-refractivity contribution in [3.05, 3.63) is 58.6 Å². The van der Waals surface area contributed by atoms with E-state index < -0.39 is 0 Å². The number of pyridine rings is 1. The topological polar surface area (TPSA) is 78.0 Å². The Labute approximate surface area is 168 Å². The third-order valence-corrected chi connectivity index (χ3v) is 5.72. The molecule has 0 saturated carbocycles. The van der Waals surface area contributed by atoms with Crippen molar-refractivity contribution in [1.29, 1.82) is 5.26 Å². The molecule has 1 N–H and O–H groups in total. The lowest BCUT2D eigenvalue weighted by atomic mass is 10.1. The number of nitrogens with zero attached hydrogens (tertiary/aromatic N) is 4. The highest BCUT2D eigenvalue weighted by molar-refractivity contribution is 7.16. The van der Waals surface area contributed by atoms with Crippen molar-refractivity contribution in [2.45, 2.75) is 45.2 Å². The third kappa shape index (κ3) is 4.24. The van der Waals surface area contributed by atoms with E-state index in [1.165, 1.54) is 11.3 Å². The number of hydrogen-bond donors (Lipinski definition) is 1. The summed E-state index contributed by atoms with van der Waals surface area (Å²) in [6, 6.07) is 12.6. The van der Waals surface area contributed by atoms with Crippen LogP contribution >= 0.6 is 11.3 Å². The standard InChI is InChI=1S/C21H23N5OS/c1-2-5-15-9-10-16(27-15)14-26-11-4-7-19(26)18-6-3-8-20(24-18)25-21-23-13-17(12-22)28-21/h3,6,8-10,13,19H,2,4-5,7,11,14H2,1H3,(H,23,24,25)/t19-/m0/s1. The summed E-state index contributed by atoms with van der Waals surface area (Å²) in [7, 11) is 0. The minimum absolute atomic E-state index is 0.285. The molecule has 1 saturated heterocycles. The first-order valence-electron chi connectivity index (χ1n) is 9.66. The molecule has 7 heteroatoms. The van der Waals surface area contributed by atoms with Gasteiger partial charge in [-0.25, -0.2) is 9.97 Å². The fourth-order valence-corrected chi connectivity index (χ4v) is 4.26. The van der Waals surface area contributed by atoms with Crippen LogP contribution in [0.2, 0.25) is 0 Å². The van der Waals surface area contributed by atoms with Gasteiger partial charge in [-0.3, -0.25) is 4.90 Å². The zero-order valence-electron chi connectivity index (χ0n) is 15.9. The molecule has 3 aromatic rings. The average molecular weight is 394 g/mol. The molecule has 0 amide bonds. The molecular weight excluding hydrogens is 370 g/mol. The molecule has 1 aliphatic rings. The highest BCUT2D eigenvalue weighted by Crippen LogP contribution is 2.33. The maximum Gasteiger partial charge on any atom is 0.189 e. The van der Waals surface area contributed by atoms with Crippen molar-refractivity contribution < 1.29 is 4.42 Å². The molecular formula is C21H23N5OS. The maximum atomic E-state index is 8.95. The Morgan fingerprint density at radius 2 is 2.21 bits per heavy atom. The number of nitriles is 1. The van der Waals surface area contributed by atoms with Crippen LogP contribution < -0.4 is 5.32 Å². The Hall–Kier alpha value is -2.69. The lowest BCUT2D eigenvalue weighted by molar-refractivity contribution is 0.222. The molecule has 0 bridgehead atoms. The Morgan fingerprint density at radius 1 is 1.32 bits per heavy atom. The Bertz CT molecular complexity index is 973. The summed E-state index contributed by atoms with van der Waals surface area (Å²) in [4.78, 5) is 12.1. The van der Waals surface area contributed by atoms with Crippen LogP contribution in [0.3, 0.4) is 0 Å². The average Bonchev–Trinajstić information content (AvgIpc) is 3.44. The van der Waals surface area contributed by atoms with Gasteiger partial charge in [0.15, 0.2) is 5.13 Å². The van der Waals surface area contributed by atoms with Crippen LogP contribution in [-0.2, 0) is 13.0 Å². The molecule has 4 heterocycles. The number of hydrogen-bond acceptors (Lipinski definition) is 7. The monoisotopic (exact) mass is 393 g/mol. The van der Waals surface area contributed by atoms with Gasteiger partial charge < -0.3 is 9.73 Å². The van der Waals surface area contributed by atoms with Gasteiger partial charge in [-0.2, -0.15) is 5.26 Å². The molecule has 1 aliphatic heterocycles. The molecule has 0 spiro atoms. The molecule has 4 rings (SSSR count). The zero-order valence-corrected chi connectivity index (χ0v) is 16.7. The molecule has 6 nitrogen and oxygen atoms in total. The van der Waals surface area contributed by atoms with Gasteiger partial charge in [0, 0.05) is 6.42 Å². The second kappa shape index (κ2) is 8.55. The summed E-state index contributed by atoms with van der Waals surface area (Å²) in [6.07, 6.45) is 5.91. The number of rotatable bonds is 7. The Morgan fingerprint density at radius 3 is 3.04 bits per heavy atom. The predicted octanol–water partition coefficient (Wildman–Crippen LogP) is 5.04. The van der Waals surface area contributed by atoms with Gasteiger partial charge in [-0.15, -0.1) is 0 Å². The zero-order chi connectivity index (χ0) is 19.3. The van der Waals surface area contributed by atoms with Crippen molar-refractivity contribution >= 4 is 22.3 Å². The second-order valence-electron chi connectivity index (χ2n) is 6.96. The third-order valence-electron chi connectivity index (χ3n) is 4.90. The molecule has 1 atom stereocenters. The first kappa shape index (κ1) is 18.7. The smallest absolute Gasteiger partial charge is 0.189 e. The van der Waals surface area contributed by atoms with Crippen LogP contribution in [0, 0.1) is 11.3 Å². The van der Waals surface area contributed by atoms with Crippen LogP contribution in [-0.4, -0.2) is 21.4 Å². The van der Waals surface area contributed by atoms with Gasteiger partial charge >= 0.3 is 0 Å². The van der Waals surface area contributed by atoms with Crippen LogP contribution in [0.25, 0.3) is 0 Å². The van der Waals surface area contributed by atoms with Gasteiger partial charge in [0.05, 0.1) is 24.5 Å². The molecule has 3 aromatic heterocycles. The summed E-state index contributed by atoms with van der Waals surface area (Å²) >= 11 is 1.33. The molecule has 0 aromatic carbocycles. The number of likely N-dealkylation sites (tertiary alicyclic amines) is 1. The highest BCUT2D eigenvalue weighted by atomic mass is 32.1. The van der Waals surface area contributed by atoms with Gasteiger partial charge in [-0.05, 0) is 50.1 Å². The summed E-state index contributed by atoms with van der Waals surface area (Å²) < 4.78 is 5.98. The van der Waals surface area contributed by atoms with Crippen molar-refractivity contribution in [2.75, 3.05) is 11.9 Å². The van der Waals surface area contributed by atoms with Crippen LogP contribution in [0.5, 0.6) is 0 Å². The second-order valence-corrected chi connectivity index (χ2v) is 7.99. The number of thiazole rings is 1. The SMILES string of the molecule is CCCc1ccc(CN2CCC[C@H]2c2cccc(Nc3ncc(C#N)s3)n2)o1. The van der Waals surface area contributed by atoms with E-state index in [4.69, 9.17) is 14.7 Å². The number of aryl methyl sites for hydroxylation is 1. The van der Waals surface area contributed by atoms with E-state index in [2.05, 4.69) is 46.4 Å². The lowest BCUT2D eigenvalue weighted by Crippen LogP contribution is -2.23. The quantitative estimate of drug-likeness (QED) is 0.606. The first-order chi connectivity index (χ1) is 13.7. The molecule has 0 radical (unpaired) electrons.